The summed E-state index contributed by atoms with van der Waals surface area (Å²) in [6.07, 6.45) is 2.93. The lowest BCUT2D eigenvalue weighted by Gasteiger charge is -2.38. The summed E-state index contributed by atoms with van der Waals surface area (Å²) in [5, 5.41) is 15.6. The first-order chi connectivity index (χ1) is 18.7. The molecule has 222 valence electrons. The number of rotatable bonds is 11. The van der Waals surface area contributed by atoms with Crippen LogP contribution in [0, 0.1) is 17.3 Å². The number of anilines is 1. The molecule has 0 aromatic heterocycles. The van der Waals surface area contributed by atoms with Crippen molar-refractivity contribution in [2.75, 3.05) is 25.1 Å². The van der Waals surface area contributed by atoms with Crippen molar-refractivity contribution >= 4 is 23.4 Å². The van der Waals surface area contributed by atoms with Crippen molar-refractivity contribution in [1.82, 2.24) is 10.2 Å². The number of unbranched alkanes of at least 4 members (excludes halogenated alkanes) is 1. The summed E-state index contributed by atoms with van der Waals surface area (Å²) < 4.78 is 12.2. The van der Waals surface area contributed by atoms with E-state index < -0.39 is 34.6 Å². The van der Waals surface area contributed by atoms with E-state index in [1.807, 2.05) is 27.7 Å². The van der Waals surface area contributed by atoms with Crippen molar-refractivity contribution in [3.8, 4) is 5.75 Å². The first-order valence-electron chi connectivity index (χ1n) is 14.6. The van der Waals surface area contributed by atoms with Crippen molar-refractivity contribution in [2.24, 2.45) is 17.3 Å². The van der Waals surface area contributed by atoms with Crippen molar-refractivity contribution < 1.29 is 29.0 Å². The summed E-state index contributed by atoms with van der Waals surface area (Å²) >= 11 is 0. The van der Waals surface area contributed by atoms with Crippen molar-refractivity contribution in [3.63, 3.8) is 0 Å². The van der Waals surface area contributed by atoms with Crippen LogP contribution in [0.15, 0.2) is 24.3 Å². The Hall–Kier alpha value is -2.65. The molecule has 2 bridgehead atoms. The molecule has 9 heteroatoms. The predicted octanol–water partition coefficient (Wildman–Crippen LogP) is 3.89. The molecule has 1 aromatic carbocycles. The summed E-state index contributed by atoms with van der Waals surface area (Å²) in [6.45, 7) is 15.1. The molecule has 3 amide bonds. The zero-order valence-electron chi connectivity index (χ0n) is 25.1. The summed E-state index contributed by atoms with van der Waals surface area (Å²) in [7, 11) is 0. The highest BCUT2D eigenvalue weighted by atomic mass is 16.5. The van der Waals surface area contributed by atoms with E-state index in [4.69, 9.17) is 9.47 Å². The van der Waals surface area contributed by atoms with Gasteiger partial charge in [0.25, 0.3) is 0 Å². The Balaban J connectivity index is 1.64. The molecule has 4 rings (SSSR count). The van der Waals surface area contributed by atoms with Gasteiger partial charge in [0.2, 0.25) is 17.7 Å². The molecule has 1 spiro atoms. The molecular formula is C31H47N3O6. The number of hydrogen-bond donors (Lipinski definition) is 3. The van der Waals surface area contributed by atoms with Gasteiger partial charge in [-0.1, -0.05) is 20.8 Å². The van der Waals surface area contributed by atoms with Gasteiger partial charge in [0.05, 0.1) is 24.0 Å². The van der Waals surface area contributed by atoms with Crippen LogP contribution < -0.4 is 15.4 Å². The fourth-order valence-corrected chi connectivity index (χ4v) is 7.55. The van der Waals surface area contributed by atoms with Gasteiger partial charge in [-0.2, -0.15) is 0 Å². The van der Waals surface area contributed by atoms with Crippen LogP contribution in [0.5, 0.6) is 5.75 Å². The fraction of sp³-hybridized carbons (Fsp3) is 0.710. The number of likely N-dealkylation sites (tertiary alicyclic amines) is 1. The molecule has 3 aliphatic rings. The number of nitrogens with zero attached hydrogens (tertiary/aromatic N) is 1. The van der Waals surface area contributed by atoms with Crippen LogP contribution in [0.2, 0.25) is 0 Å². The number of hydrogen-bond acceptors (Lipinski definition) is 6. The van der Waals surface area contributed by atoms with Gasteiger partial charge in [-0.3, -0.25) is 14.4 Å². The van der Waals surface area contributed by atoms with Gasteiger partial charge in [-0.15, -0.1) is 0 Å². The van der Waals surface area contributed by atoms with Gasteiger partial charge >= 0.3 is 0 Å². The van der Waals surface area contributed by atoms with E-state index >= 15 is 0 Å². The lowest BCUT2D eigenvalue weighted by Crippen LogP contribution is -2.59. The van der Waals surface area contributed by atoms with Crippen molar-refractivity contribution in [3.05, 3.63) is 24.3 Å². The maximum Gasteiger partial charge on any atom is 0.246 e. The number of fused-ring (bicyclic) bond motifs is 1. The molecule has 1 aromatic rings. The molecule has 40 heavy (non-hydrogen) atoms. The van der Waals surface area contributed by atoms with Crippen molar-refractivity contribution in [2.45, 2.75) is 103 Å². The largest absolute Gasteiger partial charge is 0.494 e. The molecular weight excluding hydrogens is 510 g/mol. The summed E-state index contributed by atoms with van der Waals surface area (Å²) in [5.74, 6) is -1.53. The minimum absolute atomic E-state index is 0.00771. The summed E-state index contributed by atoms with van der Waals surface area (Å²) in [5.41, 5.74) is -1.84. The monoisotopic (exact) mass is 557 g/mol. The van der Waals surface area contributed by atoms with Crippen LogP contribution >= 0.6 is 0 Å². The number of aliphatic hydroxyl groups excluding tert-OH is 1. The second-order valence-electron chi connectivity index (χ2n) is 13.7. The quantitative estimate of drug-likeness (QED) is 0.356. The normalized spacial score (nSPS) is 29.4. The second-order valence-corrected chi connectivity index (χ2v) is 13.7. The number of benzene rings is 1. The number of aliphatic hydroxyl groups is 1. The molecule has 3 saturated heterocycles. The molecule has 9 nitrogen and oxygen atoms in total. The SMILES string of the molecule is CCOc1ccc(NC(=O)[C@@H]2[C@H]3C(=O)N(CCCCO)C(C(=O)NC(C)(C)CC(C)(C)C)C34CC[C@@]2(C)O4)cc1. The average Bonchev–Trinajstić information content (AvgIpc) is 3.39. The molecule has 0 aliphatic carbocycles. The van der Waals surface area contributed by atoms with Crippen LogP contribution in [0.4, 0.5) is 5.69 Å². The van der Waals surface area contributed by atoms with Gasteiger partial charge in [0, 0.05) is 24.4 Å². The third kappa shape index (κ3) is 5.73. The fourth-order valence-electron chi connectivity index (χ4n) is 7.55. The summed E-state index contributed by atoms with van der Waals surface area (Å²) in [4.78, 5) is 43.6. The third-order valence-electron chi connectivity index (χ3n) is 8.48. The Labute approximate surface area is 238 Å². The molecule has 2 unspecified atom stereocenters. The molecule has 3 fully saturated rings. The minimum Gasteiger partial charge on any atom is -0.494 e. The molecule has 0 radical (unpaired) electrons. The lowest BCUT2D eigenvalue weighted by atomic mass is 9.66. The Kier molecular flexibility index (Phi) is 8.31. The first kappa shape index (κ1) is 30.3. The molecule has 3 aliphatic heterocycles. The van der Waals surface area contributed by atoms with E-state index in [1.165, 1.54) is 0 Å². The van der Waals surface area contributed by atoms with E-state index in [1.54, 1.807) is 29.2 Å². The number of ether oxygens (including phenoxy) is 2. The van der Waals surface area contributed by atoms with E-state index in [0.717, 1.165) is 6.42 Å². The first-order valence-corrected chi connectivity index (χ1v) is 14.6. The van der Waals surface area contributed by atoms with Gasteiger partial charge < -0.3 is 30.1 Å². The van der Waals surface area contributed by atoms with Crippen LogP contribution in [0.25, 0.3) is 0 Å². The lowest BCUT2D eigenvalue weighted by molar-refractivity contribution is -0.146. The Bertz CT molecular complexity index is 1110. The average molecular weight is 558 g/mol. The predicted molar refractivity (Wildman–Crippen MR) is 153 cm³/mol. The zero-order chi connectivity index (χ0) is 29.5. The van der Waals surface area contributed by atoms with E-state index in [9.17, 15) is 19.5 Å². The maximum atomic E-state index is 14.1. The second kappa shape index (κ2) is 11.0. The van der Waals surface area contributed by atoms with Crippen LogP contribution in [-0.4, -0.2) is 70.3 Å². The molecule has 5 atom stereocenters. The van der Waals surface area contributed by atoms with Gasteiger partial charge in [-0.25, -0.2) is 0 Å². The summed E-state index contributed by atoms with van der Waals surface area (Å²) in [6, 6.07) is 6.31. The Morgan fingerprint density at radius 3 is 2.38 bits per heavy atom. The van der Waals surface area contributed by atoms with Crippen LogP contribution in [0.1, 0.15) is 80.6 Å². The topological polar surface area (TPSA) is 117 Å². The van der Waals surface area contributed by atoms with E-state index in [0.29, 0.717) is 50.3 Å². The number of carbonyl (C=O) groups excluding carboxylic acids is 3. The number of nitrogens with one attached hydrogen (secondary N) is 2. The minimum atomic E-state index is -1.08. The number of amides is 3. The smallest absolute Gasteiger partial charge is 0.246 e. The van der Waals surface area contributed by atoms with E-state index in [2.05, 4.69) is 31.4 Å². The number of carbonyl (C=O) groups is 3. The highest BCUT2D eigenvalue weighted by Gasteiger charge is 2.77. The molecule has 3 heterocycles. The highest BCUT2D eigenvalue weighted by molar-refractivity contribution is 6.02. The molecule has 0 saturated carbocycles. The van der Waals surface area contributed by atoms with Crippen molar-refractivity contribution in [1.29, 1.82) is 0 Å². The van der Waals surface area contributed by atoms with Gasteiger partial charge in [-0.05, 0) is 89.5 Å². The highest BCUT2D eigenvalue weighted by Crippen LogP contribution is 2.63. The standard InChI is InChI=1S/C31H47N3O6/c1-8-39-21-13-11-20(12-14-21)32-25(36)22-23-27(38)34(17-9-10-18-35)24(31(23)16-15-30(22,7)40-31)26(37)33-29(5,6)19-28(2,3)4/h11-14,22-24,35H,8-10,15-19H2,1-7H3,(H,32,36)(H,33,37)/t22-,23-,24?,30+,31?/m0/s1. The zero-order valence-corrected chi connectivity index (χ0v) is 25.1. The van der Waals surface area contributed by atoms with E-state index in [-0.39, 0.29) is 29.7 Å². The third-order valence-corrected chi connectivity index (χ3v) is 8.48. The van der Waals surface area contributed by atoms with Crippen LogP contribution in [-0.2, 0) is 19.1 Å². The Morgan fingerprint density at radius 2 is 1.77 bits per heavy atom. The van der Waals surface area contributed by atoms with Gasteiger partial charge in [0.15, 0.2) is 0 Å². The van der Waals surface area contributed by atoms with Gasteiger partial charge in [0.1, 0.15) is 17.4 Å². The Morgan fingerprint density at radius 1 is 1.10 bits per heavy atom. The maximum absolute atomic E-state index is 14.1. The molecule has 3 N–H and O–H groups in total. The van der Waals surface area contributed by atoms with Crippen LogP contribution in [0.3, 0.4) is 0 Å².